The topological polar surface area (TPSA) is 15.8 Å². The highest BCUT2D eigenvalue weighted by Crippen LogP contribution is 2.34. The molecule has 0 bridgehead atoms. The van der Waals surface area contributed by atoms with Crippen LogP contribution in [0.25, 0.3) is 10.9 Å². The molecule has 0 aliphatic heterocycles. The number of benzene rings is 1. The van der Waals surface area contributed by atoms with Crippen molar-refractivity contribution in [2.24, 2.45) is 0 Å². The van der Waals surface area contributed by atoms with Crippen LogP contribution in [-0.2, 0) is 0 Å². The molecule has 0 unspecified atom stereocenters. The van der Waals surface area contributed by atoms with Crippen LogP contribution in [0.2, 0.25) is 5.02 Å². The van der Waals surface area contributed by atoms with Gasteiger partial charge in [0.05, 0.1) is 19.6 Å². The number of rotatable bonds is 0. The first-order chi connectivity index (χ1) is 5.70. The summed E-state index contributed by atoms with van der Waals surface area (Å²) in [5.41, 5.74) is 0.956. The van der Waals surface area contributed by atoms with Gasteiger partial charge in [-0.25, -0.2) is 0 Å². The number of nitrogens with one attached hydrogen (secondary N) is 1. The lowest BCUT2D eigenvalue weighted by atomic mass is 10.2. The Bertz CT molecular complexity index is 436. The van der Waals surface area contributed by atoms with Gasteiger partial charge in [-0.15, -0.1) is 0 Å². The molecule has 0 atom stereocenters. The predicted octanol–water partition coefficient (Wildman–Crippen LogP) is 4.35. The van der Waals surface area contributed by atoms with Crippen LogP contribution >= 0.6 is 43.5 Å². The Morgan fingerprint density at radius 1 is 1.25 bits per heavy atom. The smallest absolute Gasteiger partial charge is 0.0975 e. The van der Waals surface area contributed by atoms with Crippen LogP contribution in [0.4, 0.5) is 0 Å². The Hall–Kier alpha value is 0.01000. The first-order valence-electron chi connectivity index (χ1n) is 3.31. The highest BCUT2D eigenvalue weighted by Gasteiger charge is 2.07. The van der Waals surface area contributed by atoms with Gasteiger partial charge in [-0.3, -0.25) is 0 Å². The number of fused-ring (bicyclic) bond motifs is 1. The van der Waals surface area contributed by atoms with Gasteiger partial charge >= 0.3 is 0 Å². The zero-order chi connectivity index (χ0) is 8.72. The molecule has 0 aliphatic carbocycles. The summed E-state index contributed by atoms with van der Waals surface area (Å²) in [4.78, 5) is 3.13. The van der Waals surface area contributed by atoms with E-state index in [0.717, 1.165) is 25.0 Å². The summed E-state index contributed by atoms with van der Waals surface area (Å²) in [5.74, 6) is 0. The number of hydrogen-bond donors (Lipinski definition) is 1. The van der Waals surface area contributed by atoms with E-state index >= 15 is 0 Å². The maximum absolute atomic E-state index is 5.97. The van der Waals surface area contributed by atoms with Crippen LogP contribution in [0.1, 0.15) is 0 Å². The molecule has 0 aliphatic rings. The van der Waals surface area contributed by atoms with E-state index in [9.17, 15) is 0 Å². The third-order valence-corrected chi connectivity index (χ3v) is 3.94. The lowest BCUT2D eigenvalue weighted by Crippen LogP contribution is -1.68. The van der Waals surface area contributed by atoms with Gasteiger partial charge in [0.25, 0.3) is 0 Å². The van der Waals surface area contributed by atoms with E-state index in [1.54, 1.807) is 0 Å². The molecule has 12 heavy (non-hydrogen) atoms. The van der Waals surface area contributed by atoms with Crippen LogP contribution in [-0.4, -0.2) is 4.98 Å². The van der Waals surface area contributed by atoms with Gasteiger partial charge in [-0.1, -0.05) is 23.7 Å². The second-order valence-electron chi connectivity index (χ2n) is 2.42. The highest BCUT2D eigenvalue weighted by molar-refractivity contribution is 9.13. The van der Waals surface area contributed by atoms with Gasteiger partial charge in [-0.05, 0) is 37.9 Å². The summed E-state index contributed by atoms with van der Waals surface area (Å²) in [6.45, 7) is 0. The van der Waals surface area contributed by atoms with E-state index in [-0.39, 0.29) is 0 Å². The summed E-state index contributed by atoms with van der Waals surface area (Å²) in [5, 5.41) is 1.83. The number of aromatic nitrogens is 1. The lowest BCUT2D eigenvalue weighted by molar-refractivity contribution is 1.40. The van der Waals surface area contributed by atoms with Crippen molar-refractivity contribution in [1.29, 1.82) is 0 Å². The van der Waals surface area contributed by atoms with Crippen LogP contribution in [0.5, 0.6) is 0 Å². The lowest BCUT2D eigenvalue weighted by Gasteiger charge is -1.91. The Morgan fingerprint density at radius 3 is 2.67 bits per heavy atom. The average Bonchev–Trinajstić information content (AvgIpc) is 2.32. The van der Waals surface area contributed by atoms with Crippen LogP contribution in [0, 0.1) is 0 Å². The minimum absolute atomic E-state index is 0.735. The van der Waals surface area contributed by atoms with E-state index in [1.807, 2.05) is 18.2 Å². The molecule has 2 aromatic rings. The van der Waals surface area contributed by atoms with Crippen molar-refractivity contribution < 1.29 is 0 Å². The standard InChI is InChI=1S/C8H4Br2ClN/c9-6-4-2-1-3-5(11)7(4)12-8(6)10/h1-3,12H. The number of aromatic amines is 1. The molecular weight excluding hydrogens is 305 g/mol. The molecule has 0 radical (unpaired) electrons. The normalized spacial score (nSPS) is 10.9. The number of para-hydroxylation sites is 1. The molecule has 1 aromatic carbocycles. The third-order valence-electron chi connectivity index (χ3n) is 1.68. The molecule has 4 heteroatoms. The Balaban J connectivity index is 2.95. The highest BCUT2D eigenvalue weighted by atomic mass is 79.9. The molecular formula is C8H4Br2ClN. The zero-order valence-corrected chi connectivity index (χ0v) is 9.79. The number of hydrogen-bond acceptors (Lipinski definition) is 0. The molecule has 1 heterocycles. The van der Waals surface area contributed by atoms with E-state index in [4.69, 9.17) is 11.6 Å². The van der Waals surface area contributed by atoms with Gasteiger partial charge in [0.1, 0.15) is 0 Å². The fourth-order valence-electron chi connectivity index (χ4n) is 1.12. The molecule has 1 N–H and O–H groups in total. The second kappa shape index (κ2) is 3.05. The maximum atomic E-state index is 5.97. The Labute approximate surface area is 91.4 Å². The van der Waals surface area contributed by atoms with E-state index in [1.165, 1.54) is 0 Å². The first-order valence-corrected chi connectivity index (χ1v) is 5.27. The van der Waals surface area contributed by atoms with Crippen molar-refractivity contribution in [2.45, 2.75) is 0 Å². The van der Waals surface area contributed by atoms with Gasteiger partial charge in [0.2, 0.25) is 0 Å². The molecule has 2 rings (SSSR count). The molecule has 1 aromatic heterocycles. The van der Waals surface area contributed by atoms with Crippen molar-refractivity contribution in [2.75, 3.05) is 0 Å². The minimum atomic E-state index is 0.735. The van der Waals surface area contributed by atoms with Crippen LogP contribution in [0.15, 0.2) is 27.3 Å². The van der Waals surface area contributed by atoms with E-state index < -0.39 is 0 Å². The summed E-state index contributed by atoms with van der Waals surface area (Å²) in [7, 11) is 0. The minimum Gasteiger partial charge on any atom is -0.347 e. The van der Waals surface area contributed by atoms with Crippen molar-refractivity contribution in [3.8, 4) is 0 Å². The Morgan fingerprint density at radius 2 is 2.00 bits per heavy atom. The van der Waals surface area contributed by atoms with Gasteiger partial charge < -0.3 is 4.98 Å². The molecule has 0 fully saturated rings. The van der Waals surface area contributed by atoms with Gasteiger partial charge in [0.15, 0.2) is 0 Å². The summed E-state index contributed by atoms with van der Waals surface area (Å²) >= 11 is 12.8. The van der Waals surface area contributed by atoms with Crippen LogP contribution in [0.3, 0.4) is 0 Å². The summed E-state index contributed by atoms with van der Waals surface area (Å²) in [6, 6.07) is 5.79. The van der Waals surface area contributed by atoms with Crippen LogP contribution < -0.4 is 0 Å². The SMILES string of the molecule is Clc1cccc2c(Br)c(Br)[nH]c12. The molecule has 1 nitrogen and oxygen atoms in total. The molecule has 0 saturated carbocycles. The quantitative estimate of drug-likeness (QED) is 0.745. The molecule has 0 amide bonds. The largest absolute Gasteiger partial charge is 0.347 e. The van der Waals surface area contributed by atoms with Crippen molar-refractivity contribution >= 4 is 54.4 Å². The Kier molecular flexibility index (Phi) is 2.19. The fourth-order valence-corrected chi connectivity index (χ4v) is 2.18. The zero-order valence-electron chi connectivity index (χ0n) is 5.87. The fraction of sp³-hybridized carbons (Fsp3) is 0. The molecule has 0 saturated heterocycles. The second-order valence-corrected chi connectivity index (χ2v) is 4.41. The molecule has 0 spiro atoms. The summed E-state index contributed by atoms with van der Waals surface area (Å²) < 4.78 is 1.94. The van der Waals surface area contributed by atoms with Gasteiger partial charge in [0, 0.05) is 5.39 Å². The summed E-state index contributed by atoms with van der Waals surface area (Å²) in [6.07, 6.45) is 0. The van der Waals surface area contributed by atoms with E-state index in [2.05, 4.69) is 36.8 Å². The number of H-pyrrole nitrogens is 1. The third kappa shape index (κ3) is 1.20. The van der Waals surface area contributed by atoms with Crippen molar-refractivity contribution in [3.63, 3.8) is 0 Å². The maximum Gasteiger partial charge on any atom is 0.0975 e. The average molecular weight is 309 g/mol. The van der Waals surface area contributed by atoms with Crippen molar-refractivity contribution in [1.82, 2.24) is 4.98 Å². The monoisotopic (exact) mass is 307 g/mol. The van der Waals surface area contributed by atoms with Crippen molar-refractivity contribution in [3.05, 3.63) is 32.3 Å². The van der Waals surface area contributed by atoms with E-state index in [0.29, 0.717) is 0 Å². The molecule has 62 valence electrons. The van der Waals surface area contributed by atoms with Gasteiger partial charge in [-0.2, -0.15) is 0 Å². The first kappa shape index (κ1) is 8.60. The number of halogens is 3. The predicted molar refractivity (Wildman–Crippen MR) is 58.7 cm³/mol.